The van der Waals surface area contributed by atoms with Gasteiger partial charge in [0.05, 0.1) is 19.9 Å². The Hall–Kier alpha value is -2.55. The van der Waals surface area contributed by atoms with Gasteiger partial charge in [0, 0.05) is 12.1 Å². The molecule has 4 nitrogen and oxygen atoms in total. The van der Waals surface area contributed by atoms with E-state index >= 15 is 0 Å². The van der Waals surface area contributed by atoms with E-state index in [0.717, 1.165) is 0 Å². The summed E-state index contributed by atoms with van der Waals surface area (Å²) in [7, 11) is 2.87. The minimum Gasteiger partial charge on any atom is -0.497 e. The van der Waals surface area contributed by atoms with Crippen molar-refractivity contribution in [3.8, 4) is 11.5 Å². The van der Waals surface area contributed by atoms with Crippen molar-refractivity contribution in [3.63, 3.8) is 0 Å². The first kappa shape index (κ1) is 17.8. The van der Waals surface area contributed by atoms with E-state index in [1.807, 2.05) is 0 Å². The van der Waals surface area contributed by atoms with Gasteiger partial charge in [-0.15, -0.1) is 0 Å². The highest BCUT2D eigenvalue weighted by molar-refractivity contribution is 7.80. The molecule has 2 aromatic carbocycles. The smallest absolute Gasteiger partial charge is 0.185 e. The summed E-state index contributed by atoms with van der Waals surface area (Å²) in [6, 6.07) is 4.80. The summed E-state index contributed by atoms with van der Waals surface area (Å²) < 4.78 is 63.7. The second-order valence-electron chi connectivity index (χ2n) is 4.49. The van der Waals surface area contributed by atoms with Gasteiger partial charge in [-0.25, -0.2) is 17.6 Å². The van der Waals surface area contributed by atoms with Crippen molar-refractivity contribution in [2.75, 3.05) is 24.9 Å². The average molecular weight is 360 g/mol. The molecule has 0 radical (unpaired) electrons. The molecule has 9 heteroatoms. The summed E-state index contributed by atoms with van der Waals surface area (Å²) in [6.07, 6.45) is 0. The number of hydrogen-bond donors (Lipinski definition) is 2. The normalized spacial score (nSPS) is 10.2. The van der Waals surface area contributed by atoms with Crippen LogP contribution >= 0.6 is 12.2 Å². The van der Waals surface area contributed by atoms with Crippen LogP contribution in [0.5, 0.6) is 11.5 Å². The van der Waals surface area contributed by atoms with Crippen LogP contribution < -0.4 is 20.1 Å². The van der Waals surface area contributed by atoms with Crippen LogP contribution in [0.1, 0.15) is 0 Å². The van der Waals surface area contributed by atoms with Gasteiger partial charge in [-0.05, 0) is 24.4 Å². The topological polar surface area (TPSA) is 42.5 Å². The molecule has 0 heterocycles. The zero-order chi connectivity index (χ0) is 17.9. The molecule has 0 aliphatic heterocycles. The predicted molar refractivity (Wildman–Crippen MR) is 85.7 cm³/mol. The molecule has 128 valence electrons. The molecule has 0 fully saturated rings. The Bertz CT molecular complexity index is 760. The van der Waals surface area contributed by atoms with Gasteiger partial charge in [0.2, 0.25) is 0 Å². The summed E-state index contributed by atoms with van der Waals surface area (Å²) in [5.74, 6) is -5.40. The Morgan fingerprint density at radius 3 is 2.08 bits per heavy atom. The van der Waals surface area contributed by atoms with E-state index in [9.17, 15) is 17.6 Å². The molecule has 0 bridgehead atoms. The highest BCUT2D eigenvalue weighted by Gasteiger charge is 2.20. The molecular weight excluding hydrogens is 348 g/mol. The van der Waals surface area contributed by atoms with Crippen molar-refractivity contribution < 1.29 is 27.0 Å². The lowest BCUT2D eigenvalue weighted by atomic mass is 10.2. The quantitative estimate of drug-likeness (QED) is 0.489. The van der Waals surface area contributed by atoms with E-state index in [1.54, 1.807) is 18.2 Å². The predicted octanol–water partition coefficient (Wildman–Crippen LogP) is 4.07. The van der Waals surface area contributed by atoms with E-state index < -0.39 is 29.0 Å². The lowest BCUT2D eigenvalue weighted by Crippen LogP contribution is -2.21. The van der Waals surface area contributed by atoms with E-state index in [4.69, 9.17) is 21.7 Å². The molecule has 0 saturated heterocycles. The van der Waals surface area contributed by atoms with Crippen molar-refractivity contribution >= 4 is 28.7 Å². The molecule has 2 aromatic rings. The first-order chi connectivity index (χ1) is 11.4. The van der Waals surface area contributed by atoms with E-state index in [0.29, 0.717) is 17.2 Å². The van der Waals surface area contributed by atoms with E-state index in [1.165, 1.54) is 14.2 Å². The van der Waals surface area contributed by atoms with Gasteiger partial charge in [0.1, 0.15) is 17.2 Å². The molecule has 2 rings (SSSR count). The highest BCUT2D eigenvalue weighted by atomic mass is 32.1. The van der Waals surface area contributed by atoms with Crippen LogP contribution in [0.25, 0.3) is 0 Å². The number of thiocarbonyl (C=S) groups is 1. The van der Waals surface area contributed by atoms with Gasteiger partial charge in [-0.3, -0.25) is 0 Å². The SMILES string of the molecule is COc1ccc(NC(=S)Nc2c(F)c(F)cc(F)c2F)c(OC)c1. The number of halogens is 4. The molecule has 2 N–H and O–H groups in total. The summed E-state index contributed by atoms with van der Waals surface area (Å²) in [5, 5.41) is 4.42. The third kappa shape index (κ3) is 3.67. The van der Waals surface area contributed by atoms with Crippen molar-refractivity contribution in [3.05, 3.63) is 47.5 Å². The van der Waals surface area contributed by atoms with Gasteiger partial charge in [-0.2, -0.15) is 0 Å². The fourth-order valence-electron chi connectivity index (χ4n) is 1.85. The van der Waals surface area contributed by atoms with Gasteiger partial charge in [0.15, 0.2) is 28.4 Å². The van der Waals surface area contributed by atoms with Gasteiger partial charge >= 0.3 is 0 Å². The maximum Gasteiger partial charge on any atom is 0.185 e. The molecule has 0 spiro atoms. The standard InChI is InChI=1S/C15H12F4N2O2S/c1-22-7-3-4-10(11(5-7)23-2)20-15(24)21-14-12(18)8(16)6-9(17)13(14)19/h3-6H,1-2H3,(H2,20,21,24). The number of nitrogens with one attached hydrogen (secondary N) is 2. The second kappa shape index (κ2) is 7.35. The Morgan fingerprint density at radius 2 is 1.54 bits per heavy atom. The van der Waals surface area contributed by atoms with Gasteiger partial charge in [0.25, 0.3) is 0 Å². The van der Waals surface area contributed by atoms with Crippen molar-refractivity contribution in [2.24, 2.45) is 0 Å². The van der Waals surface area contributed by atoms with Crippen LogP contribution in [0, 0.1) is 23.3 Å². The minimum absolute atomic E-state index is 0.110. The minimum atomic E-state index is -1.58. The third-order valence-corrected chi connectivity index (χ3v) is 3.21. The molecule has 0 amide bonds. The Kier molecular flexibility index (Phi) is 5.45. The van der Waals surface area contributed by atoms with Crippen molar-refractivity contribution in [2.45, 2.75) is 0 Å². The zero-order valence-corrected chi connectivity index (χ0v) is 13.4. The van der Waals surface area contributed by atoms with Gasteiger partial charge < -0.3 is 20.1 Å². The second-order valence-corrected chi connectivity index (χ2v) is 4.90. The van der Waals surface area contributed by atoms with Crippen molar-refractivity contribution in [1.29, 1.82) is 0 Å². The summed E-state index contributed by atoms with van der Waals surface area (Å²) in [6.45, 7) is 0. The number of benzene rings is 2. The molecule has 0 aliphatic rings. The van der Waals surface area contributed by atoms with E-state index in [-0.39, 0.29) is 11.2 Å². The third-order valence-electron chi connectivity index (χ3n) is 3.01. The van der Waals surface area contributed by atoms with Gasteiger partial charge in [-0.1, -0.05) is 0 Å². The molecule has 0 saturated carbocycles. The number of anilines is 2. The Labute approximate surface area is 140 Å². The van der Waals surface area contributed by atoms with Crippen LogP contribution in [-0.2, 0) is 0 Å². The van der Waals surface area contributed by atoms with Crippen LogP contribution in [0.4, 0.5) is 28.9 Å². The van der Waals surface area contributed by atoms with Crippen LogP contribution in [-0.4, -0.2) is 19.3 Å². The average Bonchev–Trinajstić information content (AvgIpc) is 2.57. The van der Waals surface area contributed by atoms with E-state index in [2.05, 4.69) is 10.6 Å². The van der Waals surface area contributed by atoms with Crippen LogP contribution in [0.2, 0.25) is 0 Å². The lowest BCUT2D eigenvalue weighted by molar-refractivity contribution is 0.395. The summed E-state index contributed by atoms with van der Waals surface area (Å²) in [4.78, 5) is 0. The fourth-order valence-corrected chi connectivity index (χ4v) is 2.06. The summed E-state index contributed by atoms with van der Waals surface area (Å²) >= 11 is 4.91. The largest absolute Gasteiger partial charge is 0.497 e. The number of ether oxygens (including phenoxy) is 2. The molecular formula is C15H12F4N2O2S. The molecule has 0 atom stereocenters. The number of methoxy groups -OCH3 is 2. The lowest BCUT2D eigenvalue weighted by Gasteiger charge is -2.15. The monoisotopic (exact) mass is 360 g/mol. The summed E-state index contributed by atoms with van der Waals surface area (Å²) in [5.41, 5.74) is -0.675. The Morgan fingerprint density at radius 1 is 0.917 bits per heavy atom. The zero-order valence-electron chi connectivity index (χ0n) is 12.5. The van der Waals surface area contributed by atoms with Crippen LogP contribution in [0.15, 0.2) is 24.3 Å². The molecule has 24 heavy (non-hydrogen) atoms. The fraction of sp³-hybridized carbons (Fsp3) is 0.133. The highest BCUT2D eigenvalue weighted by Crippen LogP contribution is 2.30. The molecule has 0 aromatic heterocycles. The van der Waals surface area contributed by atoms with Crippen LogP contribution in [0.3, 0.4) is 0 Å². The Balaban J connectivity index is 2.24. The maximum atomic E-state index is 13.6. The molecule has 0 aliphatic carbocycles. The molecule has 0 unspecified atom stereocenters. The first-order valence-electron chi connectivity index (χ1n) is 6.50. The number of hydrogen-bond acceptors (Lipinski definition) is 3. The number of rotatable bonds is 4. The van der Waals surface area contributed by atoms with Crippen molar-refractivity contribution in [1.82, 2.24) is 0 Å². The maximum absolute atomic E-state index is 13.6. The first-order valence-corrected chi connectivity index (χ1v) is 6.91.